The van der Waals surface area contributed by atoms with Gasteiger partial charge >= 0.3 is 0 Å². The lowest BCUT2D eigenvalue weighted by molar-refractivity contribution is 0.412. The Labute approximate surface area is 115 Å². The fourth-order valence-corrected chi connectivity index (χ4v) is 1.90. The summed E-state index contributed by atoms with van der Waals surface area (Å²) in [5.41, 5.74) is 7.22. The molecule has 0 aliphatic heterocycles. The standard InChI is InChI=1S/C14H25N5/c1-5-6-19(8-7-18(3)4)13-10-12(14(15)16)9-11(2)17-13/h9-10H,5-8H2,1-4H3,(H3,15,16). The molecule has 0 fully saturated rings. The van der Waals surface area contributed by atoms with Crippen LogP contribution < -0.4 is 10.6 Å². The number of hydrogen-bond acceptors (Lipinski definition) is 4. The highest BCUT2D eigenvalue weighted by Crippen LogP contribution is 2.15. The van der Waals surface area contributed by atoms with E-state index in [1.807, 2.05) is 19.1 Å². The molecule has 0 amide bonds. The van der Waals surface area contributed by atoms with Crippen molar-refractivity contribution in [3.8, 4) is 0 Å². The first-order chi connectivity index (χ1) is 8.93. The molecule has 0 aliphatic rings. The molecule has 0 saturated carbocycles. The molecule has 1 aromatic heterocycles. The van der Waals surface area contributed by atoms with Crippen LogP contribution in [0.15, 0.2) is 12.1 Å². The molecule has 0 bridgehead atoms. The Kier molecular flexibility index (Phi) is 5.76. The maximum atomic E-state index is 7.57. The predicted molar refractivity (Wildman–Crippen MR) is 81.0 cm³/mol. The topological polar surface area (TPSA) is 69.2 Å². The molecule has 0 atom stereocenters. The summed E-state index contributed by atoms with van der Waals surface area (Å²) in [7, 11) is 4.13. The summed E-state index contributed by atoms with van der Waals surface area (Å²) < 4.78 is 0. The number of pyridine rings is 1. The van der Waals surface area contributed by atoms with E-state index in [0.717, 1.165) is 43.1 Å². The minimum atomic E-state index is 0.0933. The number of anilines is 1. The van der Waals surface area contributed by atoms with E-state index in [-0.39, 0.29) is 5.84 Å². The fourth-order valence-electron chi connectivity index (χ4n) is 1.90. The SMILES string of the molecule is CCCN(CCN(C)C)c1cc(C(=N)N)cc(C)n1. The highest BCUT2D eigenvalue weighted by Gasteiger charge is 2.10. The van der Waals surface area contributed by atoms with Crippen molar-refractivity contribution in [2.24, 2.45) is 5.73 Å². The minimum Gasteiger partial charge on any atom is -0.384 e. The maximum Gasteiger partial charge on any atom is 0.129 e. The Hall–Kier alpha value is -1.62. The first kappa shape index (κ1) is 15.4. The molecule has 1 rings (SSSR count). The molecule has 106 valence electrons. The van der Waals surface area contributed by atoms with Crippen LogP contribution in [0.2, 0.25) is 0 Å². The van der Waals surface area contributed by atoms with Gasteiger partial charge < -0.3 is 15.5 Å². The minimum absolute atomic E-state index is 0.0933. The molecular weight excluding hydrogens is 238 g/mol. The molecule has 0 aliphatic carbocycles. The van der Waals surface area contributed by atoms with Gasteiger partial charge in [0.25, 0.3) is 0 Å². The zero-order chi connectivity index (χ0) is 14.4. The van der Waals surface area contributed by atoms with Gasteiger partial charge in [0.15, 0.2) is 0 Å². The molecule has 0 spiro atoms. The van der Waals surface area contributed by atoms with Crippen LogP contribution in [0.3, 0.4) is 0 Å². The van der Waals surface area contributed by atoms with Crippen LogP contribution in [-0.4, -0.2) is 49.4 Å². The lowest BCUT2D eigenvalue weighted by atomic mass is 10.2. The van der Waals surface area contributed by atoms with Crippen LogP contribution >= 0.6 is 0 Å². The van der Waals surface area contributed by atoms with Gasteiger partial charge in [-0.3, -0.25) is 5.41 Å². The summed E-state index contributed by atoms with van der Waals surface area (Å²) in [5.74, 6) is 1.00. The number of hydrogen-bond donors (Lipinski definition) is 2. The van der Waals surface area contributed by atoms with Crippen LogP contribution in [0.1, 0.15) is 24.6 Å². The number of nitrogen functional groups attached to an aromatic ring is 1. The van der Waals surface area contributed by atoms with Crippen molar-refractivity contribution in [1.29, 1.82) is 5.41 Å². The quantitative estimate of drug-likeness (QED) is 0.577. The van der Waals surface area contributed by atoms with Gasteiger partial charge in [-0.1, -0.05) is 6.92 Å². The molecule has 5 nitrogen and oxygen atoms in total. The summed E-state index contributed by atoms with van der Waals surface area (Å²) in [6, 6.07) is 3.75. The third-order valence-electron chi connectivity index (χ3n) is 2.89. The second kappa shape index (κ2) is 7.09. The molecular formula is C14H25N5. The molecule has 1 heterocycles. The number of amidine groups is 1. The largest absolute Gasteiger partial charge is 0.384 e. The number of rotatable bonds is 7. The van der Waals surface area contributed by atoms with E-state index in [0.29, 0.717) is 0 Å². The number of nitrogens with zero attached hydrogens (tertiary/aromatic N) is 3. The molecule has 3 N–H and O–H groups in total. The van der Waals surface area contributed by atoms with Gasteiger partial charge in [0.05, 0.1) is 0 Å². The maximum absolute atomic E-state index is 7.57. The van der Waals surface area contributed by atoms with Crippen molar-refractivity contribution in [3.63, 3.8) is 0 Å². The summed E-state index contributed by atoms with van der Waals surface area (Å²) in [6.07, 6.45) is 1.07. The van der Waals surface area contributed by atoms with Crippen molar-refractivity contribution in [1.82, 2.24) is 9.88 Å². The van der Waals surface area contributed by atoms with Crippen LogP contribution in [0, 0.1) is 12.3 Å². The molecule has 0 radical (unpaired) electrons. The number of nitrogens with two attached hydrogens (primary N) is 1. The zero-order valence-electron chi connectivity index (χ0n) is 12.4. The van der Waals surface area contributed by atoms with Gasteiger partial charge in [-0.2, -0.15) is 0 Å². The molecule has 0 saturated heterocycles. The highest BCUT2D eigenvalue weighted by molar-refractivity contribution is 5.95. The van der Waals surface area contributed by atoms with E-state index in [2.05, 4.69) is 35.8 Å². The average Bonchev–Trinajstić information content (AvgIpc) is 2.33. The molecule has 19 heavy (non-hydrogen) atoms. The fraction of sp³-hybridized carbons (Fsp3) is 0.571. The lowest BCUT2D eigenvalue weighted by Gasteiger charge is -2.25. The second-order valence-corrected chi connectivity index (χ2v) is 5.06. The van der Waals surface area contributed by atoms with Crippen molar-refractivity contribution in [3.05, 3.63) is 23.4 Å². The van der Waals surface area contributed by atoms with Gasteiger partial charge in [0.2, 0.25) is 0 Å². The van der Waals surface area contributed by atoms with Gasteiger partial charge in [0, 0.05) is 30.9 Å². The number of likely N-dealkylation sites (N-methyl/N-ethyl adjacent to an activating group) is 1. The Morgan fingerprint density at radius 2 is 1.95 bits per heavy atom. The first-order valence-electron chi connectivity index (χ1n) is 6.66. The number of aromatic nitrogens is 1. The van der Waals surface area contributed by atoms with Gasteiger partial charge in [0.1, 0.15) is 11.7 Å². The van der Waals surface area contributed by atoms with Gasteiger partial charge in [-0.15, -0.1) is 0 Å². The number of aryl methyl sites for hydroxylation is 1. The third kappa shape index (κ3) is 4.87. The van der Waals surface area contributed by atoms with E-state index in [1.54, 1.807) is 0 Å². The van der Waals surface area contributed by atoms with Crippen LogP contribution in [-0.2, 0) is 0 Å². The van der Waals surface area contributed by atoms with E-state index in [4.69, 9.17) is 11.1 Å². The smallest absolute Gasteiger partial charge is 0.129 e. The predicted octanol–water partition coefficient (Wildman–Crippen LogP) is 1.45. The molecule has 0 unspecified atom stereocenters. The van der Waals surface area contributed by atoms with Crippen molar-refractivity contribution in [2.45, 2.75) is 20.3 Å². The Morgan fingerprint density at radius 3 is 2.47 bits per heavy atom. The number of nitrogens with one attached hydrogen (secondary N) is 1. The van der Waals surface area contributed by atoms with Crippen LogP contribution in [0.5, 0.6) is 0 Å². The Bertz CT molecular complexity index is 428. The normalized spacial score (nSPS) is 10.8. The van der Waals surface area contributed by atoms with Crippen molar-refractivity contribution < 1.29 is 0 Å². The Balaban J connectivity index is 2.97. The first-order valence-corrected chi connectivity index (χ1v) is 6.66. The average molecular weight is 263 g/mol. The monoisotopic (exact) mass is 263 g/mol. The van der Waals surface area contributed by atoms with Crippen LogP contribution in [0.25, 0.3) is 0 Å². The summed E-state index contributed by atoms with van der Waals surface area (Å²) >= 11 is 0. The summed E-state index contributed by atoms with van der Waals surface area (Å²) in [6.45, 7) is 6.96. The Morgan fingerprint density at radius 1 is 1.26 bits per heavy atom. The van der Waals surface area contributed by atoms with Crippen molar-refractivity contribution >= 4 is 11.7 Å². The van der Waals surface area contributed by atoms with E-state index in [1.165, 1.54) is 0 Å². The summed E-state index contributed by atoms with van der Waals surface area (Å²) in [5, 5.41) is 7.57. The van der Waals surface area contributed by atoms with E-state index >= 15 is 0 Å². The highest BCUT2D eigenvalue weighted by atomic mass is 15.2. The van der Waals surface area contributed by atoms with E-state index in [9.17, 15) is 0 Å². The third-order valence-corrected chi connectivity index (χ3v) is 2.89. The van der Waals surface area contributed by atoms with Gasteiger partial charge in [-0.05, 0) is 39.6 Å². The lowest BCUT2D eigenvalue weighted by Crippen LogP contribution is -2.33. The zero-order valence-corrected chi connectivity index (χ0v) is 12.4. The van der Waals surface area contributed by atoms with Crippen LogP contribution in [0.4, 0.5) is 5.82 Å². The molecule has 1 aromatic rings. The second-order valence-electron chi connectivity index (χ2n) is 5.06. The summed E-state index contributed by atoms with van der Waals surface area (Å²) in [4.78, 5) is 8.97. The molecule has 0 aromatic carbocycles. The van der Waals surface area contributed by atoms with Gasteiger partial charge in [-0.25, -0.2) is 4.98 Å². The molecule has 5 heteroatoms. The van der Waals surface area contributed by atoms with Crippen molar-refractivity contribution in [2.75, 3.05) is 38.6 Å². The van der Waals surface area contributed by atoms with E-state index < -0.39 is 0 Å².